The Hall–Kier alpha value is -4.98. The molecule has 5 heterocycles. The summed E-state index contributed by atoms with van der Waals surface area (Å²) in [6.45, 7) is 7.42. The number of primary amides is 1. The molecule has 3 aliphatic rings. The maximum atomic E-state index is 16.1. The van der Waals surface area contributed by atoms with Gasteiger partial charge in [0.25, 0.3) is 5.91 Å². The molecule has 1 saturated carbocycles. The second-order valence-electron chi connectivity index (χ2n) is 12.8. The molecule has 48 heavy (non-hydrogen) atoms. The summed E-state index contributed by atoms with van der Waals surface area (Å²) in [4.78, 5) is 23.6. The molecule has 12 nitrogen and oxygen atoms in total. The highest BCUT2D eigenvalue weighted by molar-refractivity contribution is 7.15. The lowest BCUT2D eigenvalue weighted by atomic mass is 9.61. The van der Waals surface area contributed by atoms with E-state index in [4.69, 9.17) is 30.7 Å². The van der Waals surface area contributed by atoms with Gasteiger partial charge in [-0.2, -0.15) is 0 Å². The number of aromatic nitrogens is 4. The average molecular weight is 670 g/mol. The summed E-state index contributed by atoms with van der Waals surface area (Å²) in [5, 5.41) is 25.6. The van der Waals surface area contributed by atoms with Crippen molar-refractivity contribution in [2.24, 2.45) is 16.1 Å². The van der Waals surface area contributed by atoms with Crippen LogP contribution in [0.5, 0.6) is 5.75 Å². The second-order valence-corrected chi connectivity index (χ2v) is 14.0. The largest absolute Gasteiger partial charge is 0.490 e. The maximum Gasteiger partial charge on any atom is 0.266 e. The van der Waals surface area contributed by atoms with Crippen LogP contribution in [0.3, 0.4) is 0 Å². The lowest BCUT2D eigenvalue weighted by Gasteiger charge is -2.52. The van der Waals surface area contributed by atoms with Crippen molar-refractivity contribution in [2.45, 2.75) is 65.0 Å². The average Bonchev–Trinajstić information content (AvgIpc) is 3.75. The van der Waals surface area contributed by atoms with Crippen LogP contribution in [0.25, 0.3) is 5.00 Å². The molecule has 1 unspecified atom stereocenters. The number of carbonyl (C=O) groups is 1. The van der Waals surface area contributed by atoms with E-state index in [1.54, 1.807) is 23.6 Å². The number of carbonyl (C=O) groups excluding carboxylic acids is 1. The van der Waals surface area contributed by atoms with Crippen molar-refractivity contribution in [2.75, 3.05) is 13.1 Å². The highest BCUT2D eigenvalue weighted by Crippen LogP contribution is 2.50. The standard InChI is InChI=1S/C34H36FN9O3S/c1-18-19(2)48-33-29(18)30(40-26(15-28-39-10-13-46-28)32-42-41-20(3)44(32)33)23-5-4-21(14-24(23)35)47-22-16-34(17-22)8-11-43(12-9-34)27(37)7-6-25(36)31(38)45/h4-7,10,13-14,22,26,36-37H,8-9,11-12,15-17H2,1-3H3,(H2,38,45)/b7-6-,36-25?,37-27?. The van der Waals surface area contributed by atoms with Gasteiger partial charge < -0.3 is 19.8 Å². The zero-order chi connectivity index (χ0) is 33.7. The molecule has 3 aromatic heterocycles. The molecular weight excluding hydrogens is 633 g/mol. The Balaban J connectivity index is 1.07. The number of benzene rings is 1. The van der Waals surface area contributed by atoms with Crippen LogP contribution in [0.1, 0.15) is 70.8 Å². The number of amides is 1. The molecule has 1 amide bonds. The number of hydrogen-bond donors (Lipinski definition) is 3. The smallest absolute Gasteiger partial charge is 0.266 e. The predicted octanol–water partition coefficient (Wildman–Crippen LogP) is 5.18. The van der Waals surface area contributed by atoms with E-state index in [-0.39, 0.29) is 23.1 Å². The maximum absolute atomic E-state index is 16.1. The van der Waals surface area contributed by atoms with Gasteiger partial charge in [-0.25, -0.2) is 9.37 Å². The van der Waals surface area contributed by atoms with Crippen molar-refractivity contribution >= 4 is 34.5 Å². The van der Waals surface area contributed by atoms with Gasteiger partial charge in [0.05, 0.1) is 24.4 Å². The molecule has 7 rings (SSSR count). The summed E-state index contributed by atoms with van der Waals surface area (Å²) in [6, 6.07) is 4.54. The first-order valence-electron chi connectivity index (χ1n) is 15.9. The van der Waals surface area contributed by atoms with Gasteiger partial charge in [0, 0.05) is 35.2 Å². The fourth-order valence-electron chi connectivity index (χ4n) is 6.95. The molecule has 14 heteroatoms. The van der Waals surface area contributed by atoms with Crippen LogP contribution in [0.15, 0.2) is 52.2 Å². The molecule has 4 N–H and O–H groups in total. The van der Waals surface area contributed by atoms with Gasteiger partial charge in [0.15, 0.2) is 11.7 Å². The number of rotatable bonds is 8. The number of hydrogen-bond acceptors (Lipinski definition) is 10. The van der Waals surface area contributed by atoms with Crippen molar-refractivity contribution in [1.82, 2.24) is 24.6 Å². The van der Waals surface area contributed by atoms with Crippen LogP contribution >= 0.6 is 11.3 Å². The van der Waals surface area contributed by atoms with Crippen molar-refractivity contribution in [3.05, 3.63) is 87.7 Å². The molecule has 1 spiro atoms. The van der Waals surface area contributed by atoms with Crippen LogP contribution in [0, 0.1) is 42.8 Å². The number of nitrogens with two attached hydrogens (primary N) is 1. The number of oxazole rings is 1. The van der Waals surface area contributed by atoms with Crippen molar-refractivity contribution < 1.29 is 18.3 Å². The minimum absolute atomic E-state index is 0.0154. The normalized spacial score (nSPS) is 18.6. The number of piperidine rings is 1. The molecule has 2 aliphatic heterocycles. The number of amidine groups is 1. The van der Waals surface area contributed by atoms with E-state index in [2.05, 4.69) is 22.1 Å². The third-order valence-electron chi connectivity index (χ3n) is 9.75. The summed E-state index contributed by atoms with van der Waals surface area (Å²) in [7, 11) is 0. The SMILES string of the molecule is Cc1sc2c(c1C)C(c1ccc(OC3CC4(CCN(C(=N)/C=C\C(=N)C(N)=O)CC4)C3)cc1F)=NC(Cc1ncco1)c1nnc(C)n1-2. The highest BCUT2D eigenvalue weighted by atomic mass is 32.1. The number of halogens is 1. The molecule has 248 valence electrons. The van der Waals surface area contributed by atoms with Crippen LogP contribution < -0.4 is 10.5 Å². The fourth-order valence-corrected chi connectivity index (χ4v) is 8.17. The Morgan fingerprint density at radius 2 is 1.96 bits per heavy atom. The first kappa shape index (κ1) is 31.6. The minimum Gasteiger partial charge on any atom is -0.490 e. The molecule has 1 aliphatic carbocycles. The molecule has 1 saturated heterocycles. The van der Waals surface area contributed by atoms with Gasteiger partial charge in [0.2, 0.25) is 0 Å². The van der Waals surface area contributed by atoms with E-state index in [0.29, 0.717) is 48.3 Å². The van der Waals surface area contributed by atoms with Gasteiger partial charge in [-0.3, -0.25) is 25.2 Å². The van der Waals surface area contributed by atoms with Crippen LogP contribution in [0.4, 0.5) is 4.39 Å². The Morgan fingerprint density at radius 3 is 2.65 bits per heavy atom. The quantitative estimate of drug-likeness (QED) is 0.171. The minimum atomic E-state index is -0.819. The second kappa shape index (κ2) is 12.2. The van der Waals surface area contributed by atoms with Crippen LogP contribution in [-0.4, -0.2) is 67.0 Å². The summed E-state index contributed by atoms with van der Waals surface area (Å²) in [5.74, 6) is 1.41. The van der Waals surface area contributed by atoms with E-state index in [9.17, 15) is 4.79 Å². The third kappa shape index (κ3) is 5.74. The first-order chi connectivity index (χ1) is 23.0. The lowest BCUT2D eigenvalue weighted by Crippen LogP contribution is -2.51. The summed E-state index contributed by atoms with van der Waals surface area (Å²) >= 11 is 1.62. The molecule has 1 aromatic carbocycles. The topological polar surface area (TPSA) is 172 Å². The van der Waals surface area contributed by atoms with Gasteiger partial charge in [-0.15, -0.1) is 21.5 Å². The number of nitrogens with zero attached hydrogens (tertiary/aromatic N) is 6. The van der Waals surface area contributed by atoms with E-state index in [1.807, 2.05) is 29.4 Å². The van der Waals surface area contributed by atoms with Crippen LogP contribution in [0.2, 0.25) is 0 Å². The number of nitrogens with one attached hydrogen (secondary N) is 2. The predicted molar refractivity (Wildman–Crippen MR) is 179 cm³/mol. The van der Waals surface area contributed by atoms with E-state index >= 15 is 4.39 Å². The van der Waals surface area contributed by atoms with Gasteiger partial charge >= 0.3 is 0 Å². The van der Waals surface area contributed by atoms with Crippen molar-refractivity contribution in [3.63, 3.8) is 0 Å². The molecule has 2 fully saturated rings. The van der Waals surface area contributed by atoms with Gasteiger partial charge in [-0.1, -0.05) is 0 Å². The lowest BCUT2D eigenvalue weighted by molar-refractivity contribution is -0.111. The highest BCUT2D eigenvalue weighted by Gasteiger charge is 2.47. The Bertz CT molecular complexity index is 1980. The third-order valence-corrected chi connectivity index (χ3v) is 10.9. The van der Waals surface area contributed by atoms with Crippen LogP contribution in [-0.2, 0) is 11.2 Å². The summed E-state index contributed by atoms with van der Waals surface area (Å²) < 4.78 is 30.0. The van der Waals surface area contributed by atoms with E-state index in [0.717, 1.165) is 52.5 Å². The summed E-state index contributed by atoms with van der Waals surface area (Å²) in [6.07, 6.45) is 9.71. The molecule has 1 atom stereocenters. The van der Waals surface area contributed by atoms with E-state index in [1.165, 1.54) is 24.5 Å². The number of thiophene rings is 1. The number of ether oxygens (including phenoxy) is 1. The zero-order valence-corrected chi connectivity index (χ0v) is 27.7. The molecule has 0 bridgehead atoms. The Morgan fingerprint density at radius 1 is 1.19 bits per heavy atom. The number of aryl methyl sites for hydroxylation is 2. The summed E-state index contributed by atoms with van der Waals surface area (Å²) in [5.41, 5.74) is 7.76. The number of fused-ring (bicyclic) bond motifs is 3. The van der Waals surface area contributed by atoms with Gasteiger partial charge in [-0.05, 0) is 81.7 Å². The first-order valence-corrected chi connectivity index (χ1v) is 16.7. The monoisotopic (exact) mass is 669 g/mol. The number of likely N-dealkylation sites (tertiary alicyclic amines) is 1. The van der Waals surface area contributed by atoms with Crippen molar-refractivity contribution in [3.8, 4) is 10.8 Å². The van der Waals surface area contributed by atoms with E-state index < -0.39 is 17.8 Å². The number of aliphatic imine (C=N–C) groups is 1. The fraction of sp³-hybridized carbons (Fsp3) is 0.382. The Kier molecular flexibility index (Phi) is 8.06. The van der Waals surface area contributed by atoms with Crippen molar-refractivity contribution in [1.29, 1.82) is 10.8 Å². The Labute approximate surface area is 280 Å². The molecule has 4 aromatic rings. The zero-order valence-electron chi connectivity index (χ0n) is 26.9. The molecular formula is C34H36FN9O3S. The van der Waals surface area contributed by atoms with Gasteiger partial charge in [0.1, 0.15) is 46.2 Å². The molecule has 0 radical (unpaired) electrons.